The molecule has 98 valence electrons. The van der Waals surface area contributed by atoms with Gasteiger partial charge in [-0.2, -0.15) is 13.2 Å². The highest BCUT2D eigenvalue weighted by atomic mass is 19.4. The van der Waals surface area contributed by atoms with Crippen molar-refractivity contribution < 1.29 is 18.0 Å². The smallest absolute Gasteiger partial charge is 0.382 e. The summed E-state index contributed by atoms with van der Waals surface area (Å²) in [6.07, 6.45) is -1.69. The minimum Gasteiger partial charge on any atom is -0.382 e. The van der Waals surface area contributed by atoms with E-state index in [1.807, 2.05) is 0 Å². The van der Waals surface area contributed by atoms with Gasteiger partial charge in [0, 0.05) is 24.6 Å². The number of ketones is 1. The summed E-state index contributed by atoms with van der Waals surface area (Å²) in [6, 6.07) is 5.17. The van der Waals surface area contributed by atoms with Gasteiger partial charge in [-0.05, 0) is 37.1 Å². The molecule has 1 aliphatic carbocycles. The molecule has 0 amide bonds. The van der Waals surface area contributed by atoms with E-state index in [-0.39, 0.29) is 11.8 Å². The molecule has 0 atom stereocenters. The van der Waals surface area contributed by atoms with Crippen LogP contribution in [-0.2, 0) is 11.0 Å². The van der Waals surface area contributed by atoms with Crippen LogP contribution in [0.1, 0.15) is 31.2 Å². The van der Waals surface area contributed by atoms with Crippen molar-refractivity contribution in [3.63, 3.8) is 0 Å². The second-order valence-electron chi connectivity index (χ2n) is 4.53. The maximum Gasteiger partial charge on any atom is 0.416 e. The molecule has 0 radical (unpaired) electrons. The largest absolute Gasteiger partial charge is 0.416 e. The fourth-order valence-corrected chi connectivity index (χ4v) is 2.08. The standard InChI is InChI=1S/C13H14F3NO/c14-13(15,16)9-1-3-10(4-2-9)17-11-5-7-12(18)8-6-11/h1-4,11,17H,5-8H2. The maximum atomic E-state index is 12.4. The number of hydrogen-bond acceptors (Lipinski definition) is 2. The number of carbonyl (C=O) groups excluding carboxylic acids is 1. The number of halogens is 3. The van der Waals surface area contributed by atoms with Crippen molar-refractivity contribution in [2.45, 2.75) is 37.9 Å². The zero-order valence-electron chi connectivity index (χ0n) is 9.76. The molecule has 1 N–H and O–H groups in total. The van der Waals surface area contributed by atoms with Crippen LogP contribution in [0.2, 0.25) is 0 Å². The molecular weight excluding hydrogens is 243 g/mol. The second kappa shape index (κ2) is 5.00. The van der Waals surface area contributed by atoms with Crippen LogP contribution in [0.15, 0.2) is 24.3 Å². The summed E-state index contributed by atoms with van der Waals surface area (Å²) in [6.45, 7) is 0. The Balaban J connectivity index is 1.96. The van der Waals surface area contributed by atoms with Crippen molar-refractivity contribution in [3.8, 4) is 0 Å². The van der Waals surface area contributed by atoms with E-state index < -0.39 is 11.7 Å². The predicted molar refractivity (Wildman–Crippen MR) is 62.3 cm³/mol. The molecule has 0 spiro atoms. The average Bonchev–Trinajstić information content (AvgIpc) is 2.32. The molecule has 2 rings (SSSR count). The summed E-state index contributed by atoms with van der Waals surface area (Å²) < 4.78 is 37.1. The Kier molecular flexibility index (Phi) is 3.59. The van der Waals surface area contributed by atoms with Crippen LogP contribution in [0, 0.1) is 0 Å². The Bertz CT molecular complexity index is 415. The van der Waals surface area contributed by atoms with Crippen molar-refractivity contribution in [3.05, 3.63) is 29.8 Å². The SMILES string of the molecule is O=C1CCC(Nc2ccc(C(F)(F)F)cc2)CC1. The van der Waals surface area contributed by atoms with Crippen LogP contribution in [0.25, 0.3) is 0 Å². The minimum absolute atomic E-state index is 0.180. The first kappa shape index (κ1) is 12.9. The number of hydrogen-bond donors (Lipinski definition) is 1. The van der Waals surface area contributed by atoms with E-state index in [1.165, 1.54) is 12.1 Å². The van der Waals surface area contributed by atoms with Crippen molar-refractivity contribution in [1.29, 1.82) is 0 Å². The topological polar surface area (TPSA) is 29.1 Å². The summed E-state index contributed by atoms with van der Waals surface area (Å²) in [5, 5.41) is 3.16. The lowest BCUT2D eigenvalue weighted by atomic mass is 9.94. The molecule has 1 aromatic carbocycles. The van der Waals surface area contributed by atoms with E-state index >= 15 is 0 Å². The molecule has 1 aliphatic rings. The van der Waals surface area contributed by atoms with Gasteiger partial charge >= 0.3 is 6.18 Å². The van der Waals surface area contributed by atoms with Gasteiger partial charge < -0.3 is 5.32 Å². The monoisotopic (exact) mass is 257 g/mol. The fraction of sp³-hybridized carbons (Fsp3) is 0.462. The van der Waals surface area contributed by atoms with E-state index in [2.05, 4.69) is 5.32 Å². The van der Waals surface area contributed by atoms with Crippen LogP contribution in [0.4, 0.5) is 18.9 Å². The van der Waals surface area contributed by atoms with Crippen LogP contribution in [0.5, 0.6) is 0 Å². The van der Waals surface area contributed by atoms with Crippen molar-refractivity contribution in [2.24, 2.45) is 0 Å². The summed E-state index contributed by atoms with van der Waals surface area (Å²) in [4.78, 5) is 11.1. The lowest BCUT2D eigenvalue weighted by molar-refractivity contribution is -0.137. The molecule has 1 saturated carbocycles. The van der Waals surface area contributed by atoms with E-state index in [1.54, 1.807) is 0 Å². The van der Waals surface area contributed by atoms with Crippen LogP contribution in [0.3, 0.4) is 0 Å². The van der Waals surface area contributed by atoms with Crippen LogP contribution >= 0.6 is 0 Å². The minimum atomic E-state index is -4.30. The second-order valence-corrected chi connectivity index (χ2v) is 4.53. The highest BCUT2D eigenvalue weighted by Gasteiger charge is 2.30. The van der Waals surface area contributed by atoms with E-state index in [0.717, 1.165) is 25.0 Å². The first-order valence-electron chi connectivity index (χ1n) is 5.90. The highest BCUT2D eigenvalue weighted by molar-refractivity contribution is 5.79. The van der Waals surface area contributed by atoms with Gasteiger partial charge in [-0.25, -0.2) is 0 Å². The number of anilines is 1. The first-order valence-corrected chi connectivity index (χ1v) is 5.90. The van der Waals surface area contributed by atoms with Gasteiger partial charge in [-0.3, -0.25) is 4.79 Å². The maximum absolute atomic E-state index is 12.4. The lowest BCUT2D eigenvalue weighted by Crippen LogP contribution is -2.26. The number of nitrogens with one attached hydrogen (secondary N) is 1. The molecule has 5 heteroatoms. The molecular formula is C13H14F3NO. The van der Waals surface area contributed by atoms with Crippen molar-refractivity contribution in [1.82, 2.24) is 0 Å². The van der Waals surface area contributed by atoms with E-state index in [9.17, 15) is 18.0 Å². The molecule has 2 nitrogen and oxygen atoms in total. The third kappa shape index (κ3) is 3.24. The number of alkyl halides is 3. The predicted octanol–water partition coefficient (Wildman–Crippen LogP) is 3.63. The molecule has 1 fully saturated rings. The molecule has 0 aromatic heterocycles. The Morgan fingerprint density at radius 2 is 1.61 bits per heavy atom. The third-order valence-corrected chi connectivity index (χ3v) is 3.13. The van der Waals surface area contributed by atoms with Gasteiger partial charge in [0.05, 0.1) is 5.56 Å². The molecule has 18 heavy (non-hydrogen) atoms. The Morgan fingerprint density at radius 1 is 1.06 bits per heavy atom. The summed E-state index contributed by atoms with van der Waals surface area (Å²) >= 11 is 0. The zero-order chi connectivity index (χ0) is 13.2. The molecule has 0 heterocycles. The van der Waals surface area contributed by atoms with Gasteiger partial charge in [0.25, 0.3) is 0 Å². The van der Waals surface area contributed by atoms with Gasteiger partial charge in [0.1, 0.15) is 5.78 Å². The van der Waals surface area contributed by atoms with Crippen LogP contribution in [-0.4, -0.2) is 11.8 Å². The normalized spacial score (nSPS) is 17.8. The molecule has 1 aromatic rings. The summed E-state index contributed by atoms with van der Waals surface area (Å²) in [5.41, 5.74) is 0.0224. The van der Waals surface area contributed by atoms with Crippen molar-refractivity contribution >= 4 is 11.5 Å². The van der Waals surface area contributed by atoms with Gasteiger partial charge in [0.2, 0.25) is 0 Å². The average molecular weight is 257 g/mol. The third-order valence-electron chi connectivity index (χ3n) is 3.13. The molecule has 0 bridgehead atoms. The van der Waals surface area contributed by atoms with Crippen molar-refractivity contribution in [2.75, 3.05) is 5.32 Å². The summed E-state index contributed by atoms with van der Waals surface area (Å²) in [7, 11) is 0. The van der Waals surface area contributed by atoms with E-state index in [0.29, 0.717) is 18.5 Å². The first-order chi connectivity index (χ1) is 8.45. The Labute approximate surface area is 103 Å². The Morgan fingerprint density at radius 3 is 2.11 bits per heavy atom. The van der Waals surface area contributed by atoms with E-state index in [4.69, 9.17) is 0 Å². The van der Waals surface area contributed by atoms with Gasteiger partial charge in [-0.1, -0.05) is 0 Å². The lowest BCUT2D eigenvalue weighted by Gasteiger charge is -2.23. The van der Waals surface area contributed by atoms with Gasteiger partial charge in [0.15, 0.2) is 0 Å². The Hall–Kier alpha value is -1.52. The highest BCUT2D eigenvalue weighted by Crippen LogP contribution is 2.30. The molecule has 0 unspecified atom stereocenters. The number of rotatable bonds is 2. The zero-order valence-corrected chi connectivity index (χ0v) is 9.76. The summed E-state index contributed by atoms with van der Waals surface area (Å²) in [5.74, 6) is 0.264. The quantitative estimate of drug-likeness (QED) is 0.876. The molecule has 0 saturated heterocycles. The van der Waals surface area contributed by atoms with Gasteiger partial charge in [-0.15, -0.1) is 0 Å². The fourth-order valence-electron chi connectivity index (χ4n) is 2.08. The molecule has 0 aliphatic heterocycles. The number of Topliss-reactive ketones (excluding diaryl/α,β-unsaturated/α-hetero) is 1. The van der Waals surface area contributed by atoms with Crippen LogP contribution < -0.4 is 5.32 Å². The number of benzene rings is 1. The number of carbonyl (C=O) groups is 1.